The number of anilines is 2. The SMILES string of the molecule is CC([O-])=Nc1ccc(N=Nc2c(S(=O)(=O)O)cc3cc(NC(=O)Nc4ccc5c([O-])cc(S(=O)(=O)O)cc5c4)ccc3c2O)cc1.[Na+].[Na+]. The fourth-order valence-corrected chi connectivity index (χ4v) is 5.62. The zero-order valence-corrected chi connectivity index (χ0v) is 31.0. The number of carbonyl (C=O) groups excluding carboxylic acids is 1. The molecule has 0 radical (unpaired) electrons. The molecule has 5 aromatic rings. The number of phenolic OH excluding ortho intramolecular Hbond substituents is 1. The molecule has 5 N–H and O–H groups in total. The van der Waals surface area contributed by atoms with Gasteiger partial charge in [0.1, 0.15) is 10.6 Å². The van der Waals surface area contributed by atoms with Crippen molar-refractivity contribution >= 4 is 82.1 Å². The first-order valence-corrected chi connectivity index (χ1v) is 15.8. The van der Waals surface area contributed by atoms with Crippen molar-refractivity contribution in [2.75, 3.05) is 10.6 Å². The van der Waals surface area contributed by atoms with Gasteiger partial charge in [0.05, 0.1) is 16.3 Å². The van der Waals surface area contributed by atoms with Gasteiger partial charge in [-0.25, -0.2) is 4.79 Å². The van der Waals surface area contributed by atoms with Crippen molar-refractivity contribution in [1.82, 2.24) is 0 Å². The zero-order valence-electron chi connectivity index (χ0n) is 25.4. The number of carbonyl (C=O) groups is 1. The van der Waals surface area contributed by atoms with Crippen molar-refractivity contribution in [3.05, 3.63) is 78.9 Å². The Morgan fingerprint density at radius 1 is 0.729 bits per heavy atom. The maximum absolute atomic E-state index is 12.7. The minimum Gasteiger partial charge on any atom is -0.872 e. The minimum absolute atomic E-state index is 0. The number of azo groups is 1. The Bertz CT molecular complexity index is 2330. The predicted molar refractivity (Wildman–Crippen MR) is 165 cm³/mol. The molecule has 15 nitrogen and oxygen atoms in total. The molecule has 0 unspecified atom stereocenters. The molecule has 48 heavy (non-hydrogen) atoms. The molecular formula is C29H21N5Na2O10S2. The molecule has 236 valence electrons. The van der Waals surface area contributed by atoms with E-state index in [1.807, 2.05) is 0 Å². The number of phenols is 1. The quantitative estimate of drug-likeness (QED) is 0.0441. The summed E-state index contributed by atoms with van der Waals surface area (Å²) in [6, 6.07) is 16.2. The van der Waals surface area contributed by atoms with Crippen LogP contribution >= 0.6 is 0 Å². The Kier molecular flexibility index (Phi) is 12.4. The normalized spacial score (nSPS) is 12.0. The molecule has 2 amide bonds. The molecule has 0 bridgehead atoms. The van der Waals surface area contributed by atoms with Crippen molar-refractivity contribution in [3.8, 4) is 11.5 Å². The van der Waals surface area contributed by atoms with Crippen molar-refractivity contribution in [3.63, 3.8) is 0 Å². The van der Waals surface area contributed by atoms with Gasteiger partial charge in [-0.1, -0.05) is 11.8 Å². The Balaban J connectivity index is 0.00000312. The first kappa shape index (κ1) is 38.8. The number of hydrogen-bond donors (Lipinski definition) is 5. The molecule has 5 rings (SSSR count). The van der Waals surface area contributed by atoms with Crippen molar-refractivity contribution < 1.29 is 105 Å². The maximum Gasteiger partial charge on any atom is 1.00 e. The number of rotatable bonds is 7. The third-order valence-corrected chi connectivity index (χ3v) is 8.13. The van der Waals surface area contributed by atoms with Crippen molar-refractivity contribution in [2.45, 2.75) is 16.7 Å². The zero-order chi connectivity index (χ0) is 33.4. The minimum atomic E-state index is -4.92. The molecule has 0 spiro atoms. The van der Waals surface area contributed by atoms with Crippen LogP contribution in [0.1, 0.15) is 6.92 Å². The Morgan fingerprint density at radius 3 is 1.81 bits per heavy atom. The first-order chi connectivity index (χ1) is 21.6. The summed E-state index contributed by atoms with van der Waals surface area (Å²) >= 11 is 0. The van der Waals surface area contributed by atoms with E-state index in [2.05, 4.69) is 25.9 Å². The third-order valence-electron chi connectivity index (χ3n) is 6.43. The standard InChI is InChI=1S/C29H23N5O10S2.2Na/c1-15(35)30-18-2-4-19(5-3-18)33-34-27-26(46(42,43)44)13-17-11-21(7-9-24(17)28(27)37)32-29(38)31-20-6-8-23-16(10-20)12-22(14-25(23)36)45(39,40)41;;/h2-14,36-37H,1H3,(H,30,35)(H2,31,32,38)(H,39,40,41)(H,42,43,44);;/q;2*+1/p-2. The number of benzene rings is 5. The number of aliphatic imine (C=N–C) groups is 1. The number of amides is 2. The van der Waals surface area contributed by atoms with Crippen LogP contribution in [-0.4, -0.2) is 43.0 Å². The molecule has 0 saturated carbocycles. The fourth-order valence-electron chi connectivity index (χ4n) is 4.43. The predicted octanol–water partition coefficient (Wildman–Crippen LogP) is -1.26. The van der Waals surface area contributed by atoms with Crippen LogP contribution in [0.4, 0.5) is 33.2 Å². The van der Waals surface area contributed by atoms with E-state index in [0.717, 1.165) is 18.2 Å². The van der Waals surface area contributed by atoms with Crippen LogP contribution < -0.4 is 80.0 Å². The van der Waals surface area contributed by atoms with Gasteiger partial charge in [-0.15, -0.1) is 5.11 Å². The van der Waals surface area contributed by atoms with Gasteiger partial charge in [0.2, 0.25) is 0 Å². The van der Waals surface area contributed by atoms with Crippen LogP contribution in [0.5, 0.6) is 11.5 Å². The fraction of sp³-hybridized carbons (Fsp3) is 0.0345. The molecule has 5 aromatic carbocycles. The van der Waals surface area contributed by atoms with E-state index < -0.39 is 59.1 Å². The Hall–Kier alpha value is -3.62. The van der Waals surface area contributed by atoms with Gasteiger partial charge in [-0.05, 0) is 102 Å². The topological polar surface area (TPSA) is 253 Å². The summed E-state index contributed by atoms with van der Waals surface area (Å²) in [5, 5.41) is 47.6. The number of urea groups is 1. The van der Waals surface area contributed by atoms with E-state index >= 15 is 0 Å². The van der Waals surface area contributed by atoms with Crippen molar-refractivity contribution in [1.29, 1.82) is 0 Å². The summed E-state index contributed by atoms with van der Waals surface area (Å²) in [7, 11) is -9.57. The summed E-state index contributed by atoms with van der Waals surface area (Å²) < 4.78 is 66.6. The third kappa shape index (κ3) is 9.08. The molecular weight excluding hydrogens is 688 g/mol. The van der Waals surface area contributed by atoms with Crippen LogP contribution in [0.25, 0.3) is 21.5 Å². The number of nitrogens with zero attached hydrogens (tertiary/aromatic N) is 3. The van der Waals surface area contributed by atoms with Gasteiger partial charge in [-0.3, -0.25) is 14.1 Å². The monoisotopic (exact) mass is 709 g/mol. The molecule has 19 heteroatoms. The van der Waals surface area contributed by atoms with E-state index in [-0.39, 0.29) is 97.7 Å². The summed E-state index contributed by atoms with van der Waals surface area (Å²) in [5.74, 6) is -1.67. The van der Waals surface area contributed by atoms with Gasteiger partial charge in [0.25, 0.3) is 20.2 Å². The van der Waals surface area contributed by atoms with Gasteiger partial charge in [0, 0.05) is 16.8 Å². The Morgan fingerprint density at radius 2 is 1.27 bits per heavy atom. The average Bonchev–Trinajstić information content (AvgIpc) is 2.95. The number of hydrogen-bond acceptors (Lipinski definition) is 11. The van der Waals surface area contributed by atoms with Gasteiger partial charge in [-0.2, -0.15) is 21.9 Å². The number of nitrogens with one attached hydrogen (secondary N) is 2. The summed E-state index contributed by atoms with van der Waals surface area (Å²) in [4.78, 5) is 15.1. The van der Waals surface area contributed by atoms with Gasteiger partial charge >= 0.3 is 65.1 Å². The molecule has 0 aromatic heterocycles. The van der Waals surface area contributed by atoms with Crippen LogP contribution in [0.3, 0.4) is 0 Å². The molecule has 0 aliphatic heterocycles. The molecule has 0 aliphatic carbocycles. The van der Waals surface area contributed by atoms with Crippen LogP contribution in [0.15, 0.2) is 104 Å². The molecule has 0 aliphatic rings. The second-order valence-corrected chi connectivity index (χ2v) is 12.6. The van der Waals surface area contributed by atoms with Crippen LogP contribution in [0.2, 0.25) is 0 Å². The molecule has 0 fully saturated rings. The summed E-state index contributed by atoms with van der Waals surface area (Å²) in [5.41, 5.74) is 0.364. The van der Waals surface area contributed by atoms with Gasteiger partial charge < -0.3 is 26.0 Å². The second-order valence-electron chi connectivity index (χ2n) is 9.74. The van der Waals surface area contributed by atoms with E-state index in [1.165, 1.54) is 67.6 Å². The molecule has 0 atom stereocenters. The summed E-state index contributed by atoms with van der Waals surface area (Å²) in [6.07, 6.45) is 0. The van der Waals surface area contributed by atoms with E-state index in [9.17, 15) is 46.1 Å². The largest absolute Gasteiger partial charge is 1.00 e. The van der Waals surface area contributed by atoms with Crippen LogP contribution in [0, 0.1) is 0 Å². The van der Waals surface area contributed by atoms with E-state index in [0.29, 0.717) is 5.69 Å². The smallest absolute Gasteiger partial charge is 0.872 e. The van der Waals surface area contributed by atoms with Gasteiger partial charge in [0.15, 0.2) is 5.75 Å². The van der Waals surface area contributed by atoms with E-state index in [4.69, 9.17) is 0 Å². The first-order valence-electron chi connectivity index (χ1n) is 12.9. The number of aromatic hydroxyl groups is 1. The average molecular weight is 710 g/mol. The molecule has 0 saturated heterocycles. The molecule has 0 heterocycles. The number of fused-ring (bicyclic) bond motifs is 2. The summed E-state index contributed by atoms with van der Waals surface area (Å²) in [6.45, 7) is 1.28. The van der Waals surface area contributed by atoms with Crippen molar-refractivity contribution in [2.24, 2.45) is 15.2 Å². The van der Waals surface area contributed by atoms with Crippen LogP contribution in [-0.2, 0) is 20.2 Å². The Labute approximate surface area is 317 Å². The maximum atomic E-state index is 12.7. The second kappa shape index (κ2) is 15.3. The van der Waals surface area contributed by atoms with E-state index in [1.54, 1.807) is 0 Å².